The molecule has 0 unspecified atom stereocenters. The fraction of sp³-hybridized carbons (Fsp3) is 0.269. The highest BCUT2D eigenvalue weighted by Crippen LogP contribution is 2.36. The van der Waals surface area contributed by atoms with Crippen molar-refractivity contribution in [2.24, 2.45) is 11.7 Å². The smallest absolute Gasteiger partial charge is 0.248 e. The zero-order chi connectivity index (χ0) is 24.2. The molecule has 8 heteroatoms. The second-order valence-electron chi connectivity index (χ2n) is 8.65. The molecule has 4 rings (SSSR count). The number of anilines is 2. The number of nitrogens with two attached hydrogens (primary N) is 1. The van der Waals surface area contributed by atoms with Gasteiger partial charge in [0.15, 0.2) is 5.13 Å². The van der Waals surface area contributed by atoms with Crippen molar-refractivity contribution in [3.8, 4) is 11.4 Å². The summed E-state index contributed by atoms with van der Waals surface area (Å²) in [5, 5.41) is 6.21. The maximum absolute atomic E-state index is 12.1. The lowest BCUT2D eigenvalue weighted by Crippen LogP contribution is -2.17. The number of benzene rings is 2. The summed E-state index contributed by atoms with van der Waals surface area (Å²) >= 11 is 1.53. The Hall–Kier alpha value is -3.65. The SMILES string of the molecule is COc1cc(Nc2nc([C@@H](CC(C)C)c3ccccc3C(N)=O)cs2)ccc1-n1cnc(C)c1. The molecule has 176 valence electrons. The Bertz CT molecular complexity index is 1290. The Morgan fingerprint density at radius 2 is 2.03 bits per heavy atom. The Kier molecular flexibility index (Phi) is 6.98. The fourth-order valence-electron chi connectivity index (χ4n) is 4.05. The number of rotatable bonds is 9. The van der Waals surface area contributed by atoms with Crippen LogP contribution in [0.1, 0.15) is 53.5 Å². The van der Waals surface area contributed by atoms with Gasteiger partial charge in [0.25, 0.3) is 0 Å². The lowest BCUT2D eigenvalue weighted by molar-refractivity contribution is 0.0999. The van der Waals surface area contributed by atoms with Crippen molar-refractivity contribution in [2.75, 3.05) is 12.4 Å². The number of hydrogen-bond acceptors (Lipinski definition) is 6. The summed E-state index contributed by atoms with van der Waals surface area (Å²) in [4.78, 5) is 21.2. The molecule has 4 aromatic rings. The van der Waals surface area contributed by atoms with Crippen molar-refractivity contribution in [3.05, 3.63) is 82.9 Å². The minimum Gasteiger partial charge on any atom is -0.494 e. The van der Waals surface area contributed by atoms with Gasteiger partial charge >= 0.3 is 0 Å². The van der Waals surface area contributed by atoms with Crippen LogP contribution in [0.2, 0.25) is 0 Å². The molecular weight excluding hydrogens is 446 g/mol. The molecule has 2 heterocycles. The number of methoxy groups -OCH3 is 1. The first-order valence-electron chi connectivity index (χ1n) is 11.2. The largest absolute Gasteiger partial charge is 0.494 e. The van der Waals surface area contributed by atoms with Crippen LogP contribution in [-0.2, 0) is 0 Å². The van der Waals surface area contributed by atoms with E-state index in [1.54, 1.807) is 19.5 Å². The second kappa shape index (κ2) is 10.1. The van der Waals surface area contributed by atoms with Gasteiger partial charge in [-0.3, -0.25) is 4.79 Å². The quantitative estimate of drug-likeness (QED) is 0.325. The maximum atomic E-state index is 12.1. The normalized spacial score (nSPS) is 12.0. The van der Waals surface area contributed by atoms with Crippen molar-refractivity contribution in [3.63, 3.8) is 0 Å². The predicted molar refractivity (Wildman–Crippen MR) is 137 cm³/mol. The number of nitrogens with zero attached hydrogens (tertiary/aromatic N) is 3. The molecule has 0 saturated carbocycles. The Labute approximate surface area is 203 Å². The summed E-state index contributed by atoms with van der Waals surface area (Å²) in [7, 11) is 1.65. The van der Waals surface area contributed by atoms with E-state index in [-0.39, 0.29) is 5.92 Å². The monoisotopic (exact) mass is 475 g/mol. The van der Waals surface area contributed by atoms with Crippen LogP contribution in [0.15, 0.2) is 60.4 Å². The zero-order valence-corrected chi connectivity index (χ0v) is 20.6. The highest BCUT2D eigenvalue weighted by molar-refractivity contribution is 7.13. The lowest BCUT2D eigenvalue weighted by atomic mass is 9.85. The van der Waals surface area contributed by atoms with Crippen LogP contribution in [0, 0.1) is 12.8 Å². The van der Waals surface area contributed by atoms with Gasteiger partial charge in [-0.05, 0) is 43.0 Å². The third kappa shape index (κ3) is 5.12. The molecule has 3 N–H and O–H groups in total. The molecule has 0 spiro atoms. The van der Waals surface area contributed by atoms with Crippen LogP contribution in [0.25, 0.3) is 5.69 Å². The summed E-state index contributed by atoms with van der Waals surface area (Å²) in [6.07, 6.45) is 4.59. The molecule has 2 aromatic heterocycles. The second-order valence-corrected chi connectivity index (χ2v) is 9.50. The number of amides is 1. The van der Waals surface area contributed by atoms with Crippen LogP contribution < -0.4 is 15.8 Å². The average molecular weight is 476 g/mol. The van der Waals surface area contributed by atoms with Crippen LogP contribution in [0.3, 0.4) is 0 Å². The molecule has 1 amide bonds. The Balaban J connectivity index is 1.61. The van der Waals surface area contributed by atoms with E-state index in [9.17, 15) is 4.79 Å². The van der Waals surface area contributed by atoms with Crippen molar-refractivity contribution in [1.82, 2.24) is 14.5 Å². The van der Waals surface area contributed by atoms with E-state index in [4.69, 9.17) is 15.5 Å². The Morgan fingerprint density at radius 3 is 2.71 bits per heavy atom. The number of primary amides is 1. The minimum absolute atomic E-state index is 0.0168. The number of thiazole rings is 1. The van der Waals surface area contributed by atoms with Gasteiger partial charge in [0.1, 0.15) is 5.75 Å². The third-order valence-corrected chi connectivity index (χ3v) is 6.38. The van der Waals surface area contributed by atoms with Gasteiger partial charge in [-0.1, -0.05) is 32.0 Å². The number of aryl methyl sites for hydroxylation is 1. The van der Waals surface area contributed by atoms with Crippen molar-refractivity contribution >= 4 is 28.1 Å². The fourth-order valence-corrected chi connectivity index (χ4v) is 4.84. The first kappa shape index (κ1) is 23.5. The van der Waals surface area contributed by atoms with E-state index >= 15 is 0 Å². The summed E-state index contributed by atoms with van der Waals surface area (Å²) in [6, 6.07) is 13.5. The first-order valence-corrected chi connectivity index (χ1v) is 12.0. The van der Waals surface area contributed by atoms with E-state index in [1.165, 1.54) is 11.3 Å². The molecule has 0 saturated heterocycles. The highest BCUT2D eigenvalue weighted by Gasteiger charge is 2.23. The van der Waals surface area contributed by atoms with Gasteiger partial charge in [0, 0.05) is 34.8 Å². The summed E-state index contributed by atoms with van der Waals surface area (Å²) < 4.78 is 7.56. The van der Waals surface area contributed by atoms with Crippen LogP contribution in [0.5, 0.6) is 5.75 Å². The molecular formula is C26H29N5O2S. The van der Waals surface area contributed by atoms with E-state index in [1.807, 2.05) is 59.5 Å². The summed E-state index contributed by atoms with van der Waals surface area (Å²) in [6.45, 7) is 6.29. The van der Waals surface area contributed by atoms with Gasteiger partial charge in [-0.2, -0.15) is 0 Å². The van der Waals surface area contributed by atoms with E-state index < -0.39 is 5.91 Å². The van der Waals surface area contributed by atoms with Crippen molar-refractivity contribution < 1.29 is 9.53 Å². The molecule has 0 aliphatic rings. The topological polar surface area (TPSA) is 95.1 Å². The number of carbonyl (C=O) groups is 1. The third-order valence-electron chi connectivity index (χ3n) is 5.61. The number of ether oxygens (including phenoxy) is 1. The van der Waals surface area contributed by atoms with Crippen LogP contribution in [0.4, 0.5) is 10.8 Å². The van der Waals surface area contributed by atoms with Gasteiger partial charge < -0.3 is 20.4 Å². The van der Waals surface area contributed by atoms with E-state index in [0.717, 1.165) is 45.6 Å². The van der Waals surface area contributed by atoms with Crippen molar-refractivity contribution in [1.29, 1.82) is 0 Å². The number of nitrogens with one attached hydrogen (secondary N) is 1. The van der Waals surface area contributed by atoms with Crippen LogP contribution >= 0.6 is 11.3 Å². The number of hydrogen-bond donors (Lipinski definition) is 2. The molecule has 1 atom stereocenters. The van der Waals surface area contributed by atoms with Crippen molar-refractivity contribution in [2.45, 2.75) is 33.1 Å². The van der Waals surface area contributed by atoms with Crippen LogP contribution in [-0.4, -0.2) is 27.6 Å². The average Bonchev–Trinajstić information content (AvgIpc) is 3.46. The summed E-state index contributed by atoms with van der Waals surface area (Å²) in [5.41, 5.74) is 10.8. The predicted octanol–water partition coefficient (Wildman–Crippen LogP) is 5.67. The van der Waals surface area contributed by atoms with Gasteiger partial charge in [0.05, 0.1) is 30.5 Å². The molecule has 7 nitrogen and oxygen atoms in total. The maximum Gasteiger partial charge on any atom is 0.248 e. The van der Waals surface area contributed by atoms with Gasteiger partial charge in [0.2, 0.25) is 5.91 Å². The molecule has 2 aromatic carbocycles. The molecule has 34 heavy (non-hydrogen) atoms. The van der Waals surface area contributed by atoms with Gasteiger partial charge in [-0.25, -0.2) is 9.97 Å². The van der Waals surface area contributed by atoms with E-state index in [2.05, 4.69) is 24.1 Å². The number of imidazole rings is 1. The Morgan fingerprint density at radius 1 is 1.24 bits per heavy atom. The van der Waals surface area contributed by atoms with E-state index in [0.29, 0.717) is 11.5 Å². The number of carbonyl (C=O) groups excluding carboxylic acids is 1. The molecule has 0 fully saturated rings. The van der Waals surface area contributed by atoms with Gasteiger partial charge in [-0.15, -0.1) is 11.3 Å². The molecule has 0 aliphatic carbocycles. The lowest BCUT2D eigenvalue weighted by Gasteiger charge is -2.20. The summed E-state index contributed by atoms with van der Waals surface area (Å²) in [5.74, 6) is 0.718. The molecule has 0 radical (unpaired) electrons. The molecule has 0 aliphatic heterocycles. The molecule has 0 bridgehead atoms. The minimum atomic E-state index is -0.418. The first-order chi connectivity index (χ1) is 16.4. The number of aromatic nitrogens is 3. The zero-order valence-electron chi connectivity index (χ0n) is 19.8. The standard InChI is InChI=1S/C26H29N5O2S/c1-16(2)11-21(19-7-5-6-8-20(19)25(27)32)22-14-34-26(30-22)29-18-9-10-23(24(12-18)33-4)31-13-17(3)28-15-31/h5-10,12-16,21H,11H2,1-4H3,(H2,27,32)(H,29,30)/t21-/m0/s1. The highest BCUT2D eigenvalue weighted by atomic mass is 32.1.